The lowest BCUT2D eigenvalue weighted by Crippen LogP contribution is -2.53. The first-order valence-electron chi connectivity index (χ1n) is 7.00. The van der Waals surface area contributed by atoms with E-state index in [0.29, 0.717) is 12.1 Å². The molecule has 2 aromatic carbocycles. The maximum atomic E-state index is 12.8. The number of hydrogen-bond donors (Lipinski definition) is 2. The predicted octanol–water partition coefficient (Wildman–Crippen LogP) is 5.56. The highest BCUT2D eigenvalue weighted by Crippen LogP contribution is 2.50. The van der Waals surface area contributed by atoms with Gasteiger partial charge < -0.3 is 10.4 Å². The zero-order valence-corrected chi connectivity index (χ0v) is 14.4. The van der Waals surface area contributed by atoms with Crippen molar-refractivity contribution in [3.05, 3.63) is 63.6 Å². The normalized spacial score (nSPS) is 12.8. The van der Waals surface area contributed by atoms with Gasteiger partial charge in [0.05, 0.1) is 10.6 Å². The van der Waals surface area contributed by atoms with E-state index in [9.17, 15) is 36.2 Å². The lowest BCUT2D eigenvalue weighted by Gasteiger charge is -2.32. The Labute approximate surface area is 158 Å². The minimum absolute atomic E-state index is 0.000128. The van der Waals surface area contributed by atoms with Crippen molar-refractivity contribution in [2.45, 2.75) is 18.0 Å². The van der Waals surface area contributed by atoms with Crippen LogP contribution in [-0.4, -0.2) is 23.4 Å². The fourth-order valence-corrected chi connectivity index (χ4v) is 2.65. The van der Waals surface area contributed by atoms with Crippen molar-refractivity contribution in [2.75, 3.05) is 5.32 Å². The summed E-state index contributed by atoms with van der Waals surface area (Å²) in [6, 6.07) is 6.37. The van der Waals surface area contributed by atoms with Crippen molar-refractivity contribution in [2.24, 2.45) is 0 Å². The van der Waals surface area contributed by atoms with Crippen molar-refractivity contribution in [1.29, 1.82) is 0 Å². The van der Waals surface area contributed by atoms with Gasteiger partial charge in [-0.3, -0.25) is 4.79 Å². The Kier molecular flexibility index (Phi) is 5.70. The second-order valence-electron chi connectivity index (χ2n) is 5.36. The van der Waals surface area contributed by atoms with Gasteiger partial charge in [-0.1, -0.05) is 35.3 Å². The Balaban J connectivity index is 2.30. The third kappa shape index (κ3) is 4.15. The average molecular weight is 432 g/mol. The zero-order valence-electron chi connectivity index (χ0n) is 12.9. The van der Waals surface area contributed by atoms with Gasteiger partial charge in [0.25, 0.3) is 11.5 Å². The van der Waals surface area contributed by atoms with Gasteiger partial charge in [0, 0.05) is 16.3 Å². The fourth-order valence-electron chi connectivity index (χ4n) is 2.15. The molecule has 146 valence electrons. The van der Waals surface area contributed by atoms with E-state index in [0.717, 1.165) is 12.1 Å². The van der Waals surface area contributed by atoms with Crippen molar-refractivity contribution in [3.63, 3.8) is 0 Å². The molecule has 0 aromatic heterocycles. The molecule has 2 N–H and O–H groups in total. The molecule has 0 unspecified atom stereocenters. The molecular weight excluding hydrogens is 423 g/mol. The first-order chi connectivity index (χ1) is 12.3. The minimum Gasteiger partial charge on any atom is -0.369 e. The van der Waals surface area contributed by atoms with Crippen LogP contribution in [0.4, 0.5) is 32.0 Å². The van der Waals surface area contributed by atoms with Crippen molar-refractivity contribution < 1.29 is 36.2 Å². The van der Waals surface area contributed by atoms with Crippen LogP contribution < -0.4 is 5.32 Å². The summed E-state index contributed by atoms with van der Waals surface area (Å²) in [5.74, 6) is -0.758. The van der Waals surface area contributed by atoms with Gasteiger partial charge >= 0.3 is 12.4 Å². The van der Waals surface area contributed by atoms with Crippen LogP contribution in [0, 0.1) is 0 Å². The van der Waals surface area contributed by atoms with Crippen LogP contribution in [0.5, 0.6) is 0 Å². The molecule has 2 aromatic rings. The molecule has 11 heteroatoms. The summed E-state index contributed by atoms with van der Waals surface area (Å²) >= 11 is 11.5. The number of alkyl halides is 6. The SMILES string of the molecule is O=C(Nc1ccc(C(O)(C(F)(F)F)C(F)(F)F)cc1)c1ccc(Cl)cc1Cl. The number of nitrogens with one attached hydrogen (secondary N) is 1. The summed E-state index contributed by atoms with van der Waals surface area (Å²) in [5, 5.41) is 11.8. The Morgan fingerprint density at radius 1 is 0.889 bits per heavy atom. The number of carbonyl (C=O) groups is 1. The average Bonchev–Trinajstić information content (AvgIpc) is 2.52. The molecule has 0 heterocycles. The maximum Gasteiger partial charge on any atom is 0.430 e. The standard InChI is InChI=1S/C16H9Cl2F6NO2/c17-9-3-6-11(12(18)7-9)13(26)25-10-4-1-8(2-5-10)14(27,15(19,20)21)16(22,23)24/h1-7,27H,(H,25,26). The number of hydrogen-bond acceptors (Lipinski definition) is 2. The van der Waals surface area contributed by atoms with Gasteiger partial charge in [-0.25, -0.2) is 0 Å². The first kappa shape index (κ1) is 21.3. The second-order valence-corrected chi connectivity index (χ2v) is 6.21. The highest BCUT2D eigenvalue weighted by molar-refractivity contribution is 6.37. The Morgan fingerprint density at radius 3 is 1.85 bits per heavy atom. The lowest BCUT2D eigenvalue weighted by atomic mass is 9.92. The topological polar surface area (TPSA) is 49.3 Å². The van der Waals surface area contributed by atoms with Crippen molar-refractivity contribution >= 4 is 34.8 Å². The molecule has 0 saturated heterocycles. The molecule has 0 bridgehead atoms. The molecule has 2 rings (SSSR count). The number of amides is 1. The van der Waals surface area contributed by atoms with Crippen molar-refractivity contribution in [1.82, 2.24) is 0 Å². The molecule has 0 aliphatic heterocycles. The summed E-state index contributed by atoms with van der Waals surface area (Å²) in [7, 11) is 0. The van der Waals surface area contributed by atoms with Crippen LogP contribution in [0.3, 0.4) is 0 Å². The summed E-state index contributed by atoms with van der Waals surface area (Å²) in [4.78, 5) is 12.1. The Bertz CT molecular complexity index is 835. The molecule has 0 aliphatic carbocycles. The molecule has 0 saturated carbocycles. The van der Waals surface area contributed by atoms with E-state index >= 15 is 0 Å². The van der Waals surface area contributed by atoms with Crippen LogP contribution in [-0.2, 0) is 5.60 Å². The van der Waals surface area contributed by atoms with Crippen molar-refractivity contribution in [3.8, 4) is 0 Å². The fraction of sp³-hybridized carbons (Fsp3) is 0.188. The highest BCUT2D eigenvalue weighted by atomic mass is 35.5. The Hall–Kier alpha value is -1.97. The molecular formula is C16H9Cl2F6NO2. The maximum absolute atomic E-state index is 12.8. The molecule has 27 heavy (non-hydrogen) atoms. The molecule has 3 nitrogen and oxygen atoms in total. The molecule has 0 radical (unpaired) electrons. The second kappa shape index (κ2) is 7.21. The van der Waals surface area contributed by atoms with E-state index in [4.69, 9.17) is 23.2 Å². The van der Waals surface area contributed by atoms with Gasteiger partial charge in [0.2, 0.25) is 0 Å². The zero-order chi connectivity index (χ0) is 20.6. The van der Waals surface area contributed by atoms with Gasteiger partial charge in [0.1, 0.15) is 0 Å². The Morgan fingerprint density at radius 2 is 1.41 bits per heavy atom. The monoisotopic (exact) mass is 431 g/mol. The molecule has 0 atom stereocenters. The summed E-state index contributed by atoms with van der Waals surface area (Å²) in [6.07, 6.45) is -12.0. The number of rotatable bonds is 3. The van der Waals surface area contributed by atoms with Gasteiger partial charge in [-0.2, -0.15) is 26.3 Å². The van der Waals surface area contributed by atoms with E-state index < -0.39 is 29.4 Å². The van der Waals surface area contributed by atoms with E-state index in [1.165, 1.54) is 18.2 Å². The van der Waals surface area contributed by atoms with E-state index in [1.807, 2.05) is 0 Å². The van der Waals surface area contributed by atoms with Gasteiger partial charge in [0.15, 0.2) is 0 Å². The molecule has 0 fully saturated rings. The van der Waals surface area contributed by atoms with Crippen LogP contribution in [0.1, 0.15) is 15.9 Å². The van der Waals surface area contributed by atoms with Crippen LogP contribution >= 0.6 is 23.2 Å². The van der Waals surface area contributed by atoms with E-state index in [-0.39, 0.29) is 21.3 Å². The van der Waals surface area contributed by atoms with Crippen LogP contribution in [0.25, 0.3) is 0 Å². The highest BCUT2D eigenvalue weighted by Gasteiger charge is 2.71. The van der Waals surface area contributed by atoms with E-state index in [1.54, 1.807) is 0 Å². The molecule has 0 spiro atoms. The molecule has 1 amide bonds. The largest absolute Gasteiger partial charge is 0.430 e. The quantitative estimate of drug-likeness (QED) is 0.625. The van der Waals surface area contributed by atoms with E-state index in [2.05, 4.69) is 5.32 Å². The van der Waals surface area contributed by atoms with Crippen LogP contribution in [0.15, 0.2) is 42.5 Å². The summed E-state index contributed by atoms with van der Waals surface area (Å²) < 4.78 is 77.0. The first-order valence-corrected chi connectivity index (χ1v) is 7.75. The number of halogens is 8. The number of carbonyl (C=O) groups excluding carboxylic acids is 1. The third-order valence-electron chi connectivity index (χ3n) is 3.56. The summed E-state index contributed by atoms with van der Waals surface area (Å²) in [6.45, 7) is 0. The number of anilines is 1. The minimum atomic E-state index is -5.99. The lowest BCUT2D eigenvalue weighted by molar-refractivity contribution is -0.376. The smallest absolute Gasteiger partial charge is 0.369 e. The van der Waals surface area contributed by atoms with Gasteiger partial charge in [-0.05, 0) is 30.3 Å². The summed E-state index contributed by atoms with van der Waals surface area (Å²) in [5.41, 5.74) is -6.60. The van der Waals surface area contributed by atoms with Crippen LogP contribution in [0.2, 0.25) is 10.0 Å². The molecule has 0 aliphatic rings. The van der Waals surface area contributed by atoms with Gasteiger partial charge in [-0.15, -0.1) is 0 Å². The predicted molar refractivity (Wildman–Crippen MR) is 86.9 cm³/mol. The number of aliphatic hydroxyl groups is 1. The third-order valence-corrected chi connectivity index (χ3v) is 4.10. The number of benzene rings is 2.